The van der Waals surface area contributed by atoms with Crippen molar-refractivity contribution < 1.29 is 17.7 Å². The molecule has 0 atom stereocenters. The van der Waals surface area contributed by atoms with Gasteiger partial charge in [-0.15, -0.1) is 0 Å². The van der Waals surface area contributed by atoms with Crippen LogP contribution in [0.15, 0.2) is 22.7 Å². The number of rotatable bonds is 2. The summed E-state index contributed by atoms with van der Waals surface area (Å²) in [6.45, 7) is 6.07. The fraction of sp³-hybridized carbons (Fsp3) is 0.429. The Kier molecular flexibility index (Phi) is 3.69. The molecule has 0 bridgehead atoms. The summed E-state index contributed by atoms with van der Waals surface area (Å²) in [7, 11) is 0. The molecule has 0 aliphatic rings. The minimum atomic E-state index is -4.43. The second-order valence-corrected chi connectivity index (χ2v) is 6.05. The molecule has 0 aliphatic heterocycles. The van der Waals surface area contributed by atoms with Crippen molar-refractivity contribution in [1.82, 2.24) is 10.1 Å². The molecule has 0 radical (unpaired) electrons. The lowest BCUT2D eigenvalue weighted by molar-refractivity contribution is -0.137. The van der Waals surface area contributed by atoms with Crippen LogP contribution in [0, 0.1) is 5.41 Å². The molecular formula is C14H16F3N3O. The number of benzene rings is 1. The van der Waals surface area contributed by atoms with Gasteiger partial charge in [-0.25, -0.2) is 0 Å². The van der Waals surface area contributed by atoms with Gasteiger partial charge in [-0.2, -0.15) is 18.2 Å². The number of nitrogens with zero attached hydrogens (tertiary/aromatic N) is 2. The number of alkyl halides is 3. The van der Waals surface area contributed by atoms with E-state index in [1.807, 2.05) is 20.8 Å². The van der Waals surface area contributed by atoms with Gasteiger partial charge in [0.1, 0.15) is 0 Å². The largest absolute Gasteiger partial charge is 0.416 e. The molecule has 0 saturated heterocycles. The van der Waals surface area contributed by atoms with E-state index in [0.29, 0.717) is 17.8 Å². The second kappa shape index (κ2) is 5.05. The van der Waals surface area contributed by atoms with Crippen molar-refractivity contribution >= 4 is 5.69 Å². The van der Waals surface area contributed by atoms with Crippen LogP contribution in [0.25, 0.3) is 11.5 Å². The highest BCUT2D eigenvalue weighted by Crippen LogP contribution is 2.34. The smallest absolute Gasteiger partial charge is 0.398 e. The lowest BCUT2D eigenvalue weighted by Gasteiger charge is -2.14. The standard InChI is InChI=1S/C14H16F3N3O/c1-13(2,3)7-11-19-12(21-20-11)9-5-4-8(6-10(9)18)14(15,16)17/h4-6H,7,18H2,1-3H3. The van der Waals surface area contributed by atoms with Gasteiger partial charge in [0, 0.05) is 12.1 Å². The Bertz CT molecular complexity index is 642. The predicted octanol–water partition coefficient (Wildman–Crippen LogP) is 3.93. The van der Waals surface area contributed by atoms with Crippen molar-refractivity contribution in [3.8, 4) is 11.5 Å². The first kappa shape index (κ1) is 15.3. The highest BCUT2D eigenvalue weighted by Gasteiger charge is 2.31. The van der Waals surface area contributed by atoms with E-state index in [0.717, 1.165) is 12.1 Å². The summed E-state index contributed by atoms with van der Waals surface area (Å²) in [5.74, 6) is 0.622. The van der Waals surface area contributed by atoms with E-state index < -0.39 is 11.7 Å². The quantitative estimate of drug-likeness (QED) is 0.853. The first-order chi connectivity index (χ1) is 9.56. The van der Waals surface area contributed by atoms with Crippen LogP contribution in [0.4, 0.5) is 18.9 Å². The Labute approximate surface area is 120 Å². The Balaban J connectivity index is 2.31. The molecule has 2 aromatic rings. The minimum absolute atomic E-state index is 0.0210. The molecule has 0 unspecified atom stereocenters. The third-order valence-electron chi connectivity index (χ3n) is 2.77. The lowest BCUT2D eigenvalue weighted by atomic mass is 9.92. The van der Waals surface area contributed by atoms with Gasteiger partial charge in [0.05, 0.1) is 11.1 Å². The van der Waals surface area contributed by atoms with Crippen molar-refractivity contribution in [3.05, 3.63) is 29.6 Å². The molecule has 1 heterocycles. The van der Waals surface area contributed by atoms with E-state index in [2.05, 4.69) is 10.1 Å². The second-order valence-electron chi connectivity index (χ2n) is 6.05. The Morgan fingerprint density at radius 3 is 2.38 bits per heavy atom. The molecule has 1 aromatic carbocycles. The summed E-state index contributed by atoms with van der Waals surface area (Å²) in [5, 5.41) is 3.83. The van der Waals surface area contributed by atoms with Gasteiger partial charge in [0.2, 0.25) is 0 Å². The van der Waals surface area contributed by atoms with Crippen LogP contribution < -0.4 is 5.73 Å². The average molecular weight is 299 g/mol. The SMILES string of the molecule is CC(C)(C)Cc1noc(-c2ccc(C(F)(F)F)cc2N)n1. The summed E-state index contributed by atoms with van der Waals surface area (Å²) in [6, 6.07) is 3.05. The maximum atomic E-state index is 12.6. The van der Waals surface area contributed by atoms with Gasteiger partial charge in [-0.05, 0) is 23.6 Å². The summed E-state index contributed by atoms with van der Waals surface area (Å²) in [4.78, 5) is 4.18. The molecule has 2 N–H and O–H groups in total. The van der Waals surface area contributed by atoms with Crippen molar-refractivity contribution in [3.63, 3.8) is 0 Å². The van der Waals surface area contributed by atoms with Gasteiger partial charge in [-0.3, -0.25) is 0 Å². The molecular weight excluding hydrogens is 283 g/mol. The lowest BCUT2D eigenvalue weighted by Crippen LogP contribution is -2.10. The molecule has 114 valence electrons. The predicted molar refractivity (Wildman–Crippen MR) is 72.3 cm³/mol. The van der Waals surface area contributed by atoms with E-state index in [1.165, 1.54) is 6.07 Å². The number of nitrogen functional groups attached to an aromatic ring is 1. The van der Waals surface area contributed by atoms with Crippen molar-refractivity contribution in [2.45, 2.75) is 33.4 Å². The van der Waals surface area contributed by atoms with Crippen molar-refractivity contribution in [2.24, 2.45) is 5.41 Å². The number of aromatic nitrogens is 2. The zero-order valence-electron chi connectivity index (χ0n) is 12.0. The van der Waals surface area contributed by atoms with Gasteiger partial charge in [0.15, 0.2) is 5.82 Å². The van der Waals surface area contributed by atoms with E-state index >= 15 is 0 Å². The molecule has 0 aliphatic carbocycles. The molecule has 0 saturated carbocycles. The first-order valence-corrected chi connectivity index (χ1v) is 6.36. The molecule has 1 aromatic heterocycles. The fourth-order valence-electron chi connectivity index (χ4n) is 1.84. The van der Waals surface area contributed by atoms with E-state index in [4.69, 9.17) is 10.3 Å². The van der Waals surface area contributed by atoms with Gasteiger partial charge in [-0.1, -0.05) is 25.9 Å². The summed E-state index contributed by atoms with van der Waals surface area (Å²) in [5.41, 5.74) is 5.09. The average Bonchev–Trinajstić information content (AvgIpc) is 2.73. The third-order valence-corrected chi connectivity index (χ3v) is 2.77. The summed E-state index contributed by atoms with van der Waals surface area (Å²) in [6.07, 6.45) is -3.84. The Morgan fingerprint density at radius 2 is 1.86 bits per heavy atom. The van der Waals surface area contributed by atoms with Crippen LogP contribution in [-0.2, 0) is 12.6 Å². The summed E-state index contributed by atoms with van der Waals surface area (Å²) < 4.78 is 42.8. The number of nitrogens with two attached hydrogens (primary N) is 1. The van der Waals surface area contributed by atoms with Crippen LogP contribution in [0.1, 0.15) is 32.2 Å². The molecule has 0 fully saturated rings. The maximum absolute atomic E-state index is 12.6. The van der Waals surface area contributed by atoms with E-state index in [1.54, 1.807) is 0 Å². The zero-order chi connectivity index (χ0) is 15.8. The van der Waals surface area contributed by atoms with E-state index in [9.17, 15) is 13.2 Å². The van der Waals surface area contributed by atoms with Gasteiger partial charge in [0.25, 0.3) is 5.89 Å². The van der Waals surface area contributed by atoms with Gasteiger partial charge >= 0.3 is 6.18 Å². The number of anilines is 1. The fourth-order valence-corrected chi connectivity index (χ4v) is 1.84. The Hall–Kier alpha value is -2.05. The number of hydrogen-bond donors (Lipinski definition) is 1. The molecule has 7 heteroatoms. The number of halogens is 3. The van der Waals surface area contributed by atoms with Crippen molar-refractivity contribution in [1.29, 1.82) is 0 Å². The third kappa shape index (κ3) is 3.74. The Morgan fingerprint density at radius 1 is 1.19 bits per heavy atom. The number of hydrogen-bond acceptors (Lipinski definition) is 4. The first-order valence-electron chi connectivity index (χ1n) is 6.36. The van der Waals surface area contributed by atoms with Gasteiger partial charge < -0.3 is 10.3 Å². The molecule has 4 nitrogen and oxygen atoms in total. The van der Waals surface area contributed by atoms with E-state index in [-0.39, 0.29) is 17.0 Å². The highest BCUT2D eigenvalue weighted by molar-refractivity contribution is 5.71. The topological polar surface area (TPSA) is 64.9 Å². The van der Waals surface area contributed by atoms with Crippen LogP contribution >= 0.6 is 0 Å². The van der Waals surface area contributed by atoms with Crippen LogP contribution in [0.3, 0.4) is 0 Å². The highest BCUT2D eigenvalue weighted by atomic mass is 19.4. The normalized spacial score (nSPS) is 12.7. The van der Waals surface area contributed by atoms with Crippen LogP contribution in [0.5, 0.6) is 0 Å². The molecule has 0 spiro atoms. The molecule has 0 amide bonds. The van der Waals surface area contributed by atoms with Crippen LogP contribution in [0.2, 0.25) is 0 Å². The van der Waals surface area contributed by atoms with Crippen LogP contribution in [-0.4, -0.2) is 10.1 Å². The monoisotopic (exact) mass is 299 g/mol. The maximum Gasteiger partial charge on any atom is 0.416 e. The molecule has 21 heavy (non-hydrogen) atoms. The molecule has 2 rings (SSSR count). The minimum Gasteiger partial charge on any atom is -0.398 e. The van der Waals surface area contributed by atoms with Crippen molar-refractivity contribution in [2.75, 3.05) is 5.73 Å². The zero-order valence-corrected chi connectivity index (χ0v) is 12.0. The summed E-state index contributed by atoms with van der Waals surface area (Å²) >= 11 is 0.